The van der Waals surface area contributed by atoms with E-state index >= 15 is 0 Å². The van der Waals surface area contributed by atoms with Crippen LogP contribution in [0, 0.1) is 0 Å². The van der Waals surface area contributed by atoms with E-state index in [1.807, 2.05) is 18.2 Å². The molecule has 94 valence electrons. The number of H-pyrrole nitrogens is 1. The molecular formula is C13H16N4O. The van der Waals surface area contributed by atoms with Gasteiger partial charge in [-0.05, 0) is 37.6 Å². The molecule has 0 radical (unpaired) electrons. The summed E-state index contributed by atoms with van der Waals surface area (Å²) < 4.78 is 0. The van der Waals surface area contributed by atoms with Crippen LogP contribution in [0.5, 0.6) is 0 Å². The molecule has 1 atom stereocenters. The monoisotopic (exact) mass is 244 g/mol. The number of imidazole rings is 1. The van der Waals surface area contributed by atoms with Crippen molar-refractivity contribution in [2.75, 3.05) is 13.1 Å². The van der Waals surface area contributed by atoms with Gasteiger partial charge in [-0.2, -0.15) is 0 Å². The van der Waals surface area contributed by atoms with Crippen molar-refractivity contribution in [3.8, 4) is 0 Å². The number of carbonyl (C=O) groups excluding carboxylic acids is 1. The Labute approximate surface area is 105 Å². The van der Waals surface area contributed by atoms with E-state index in [1.165, 1.54) is 0 Å². The van der Waals surface area contributed by atoms with E-state index in [0.717, 1.165) is 37.0 Å². The molecule has 1 aliphatic rings. The lowest BCUT2D eigenvalue weighted by atomic mass is 10.1. The van der Waals surface area contributed by atoms with Crippen LogP contribution in [0.25, 0.3) is 11.0 Å². The van der Waals surface area contributed by atoms with Gasteiger partial charge in [0.05, 0.1) is 17.4 Å². The number of nitrogens with one attached hydrogen (secondary N) is 3. The predicted molar refractivity (Wildman–Crippen MR) is 69.5 cm³/mol. The molecule has 3 N–H and O–H groups in total. The van der Waals surface area contributed by atoms with Crippen LogP contribution in [0.4, 0.5) is 0 Å². The van der Waals surface area contributed by atoms with Crippen LogP contribution in [-0.4, -0.2) is 35.0 Å². The van der Waals surface area contributed by atoms with Crippen LogP contribution >= 0.6 is 0 Å². The lowest BCUT2D eigenvalue weighted by Gasteiger charge is -2.23. The standard InChI is InChI=1S/C13H16N4O/c18-13(17-10-2-1-5-14-7-10)9-3-4-11-12(6-9)16-8-15-11/h3-4,6,8,10,14H,1-2,5,7H2,(H,15,16)(H,17,18)/t10-/m0/s1. The second-order valence-electron chi connectivity index (χ2n) is 4.65. The molecule has 1 aliphatic heterocycles. The Morgan fingerprint density at radius 2 is 2.39 bits per heavy atom. The van der Waals surface area contributed by atoms with E-state index in [9.17, 15) is 4.79 Å². The zero-order valence-corrected chi connectivity index (χ0v) is 10.1. The highest BCUT2D eigenvalue weighted by Gasteiger charge is 2.16. The summed E-state index contributed by atoms with van der Waals surface area (Å²) in [7, 11) is 0. The molecular weight excluding hydrogens is 228 g/mol. The van der Waals surface area contributed by atoms with Gasteiger partial charge < -0.3 is 15.6 Å². The zero-order chi connectivity index (χ0) is 12.4. The van der Waals surface area contributed by atoms with E-state index in [0.29, 0.717) is 5.56 Å². The minimum Gasteiger partial charge on any atom is -0.348 e. The smallest absolute Gasteiger partial charge is 0.251 e. The number of aromatic nitrogens is 2. The Hall–Kier alpha value is -1.88. The fraction of sp³-hybridized carbons (Fsp3) is 0.385. The average Bonchev–Trinajstić information content (AvgIpc) is 2.87. The first kappa shape index (κ1) is 11.2. The molecule has 5 nitrogen and oxygen atoms in total. The molecule has 0 bridgehead atoms. The topological polar surface area (TPSA) is 69.8 Å². The van der Waals surface area contributed by atoms with Crippen molar-refractivity contribution in [3.63, 3.8) is 0 Å². The molecule has 2 heterocycles. The van der Waals surface area contributed by atoms with Gasteiger partial charge in [-0.15, -0.1) is 0 Å². The third kappa shape index (κ3) is 2.22. The van der Waals surface area contributed by atoms with Gasteiger partial charge in [-0.3, -0.25) is 4.79 Å². The number of rotatable bonds is 2. The van der Waals surface area contributed by atoms with E-state index in [2.05, 4.69) is 20.6 Å². The van der Waals surface area contributed by atoms with Crippen molar-refractivity contribution < 1.29 is 4.79 Å². The highest BCUT2D eigenvalue weighted by Crippen LogP contribution is 2.12. The average molecular weight is 244 g/mol. The minimum absolute atomic E-state index is 0.0137. The van der Waals surface area contributed by atoms with Gasteiger partial charge >= 0.3 is 0 Å². The van der Waals surface area contributed by atoms with Crippen molar-refractivity contribution in [2.45, 2.75) is 18.9 Å². The number of piperidine rings is 1. The summed E-state index contributed by atoms with van der Waals surface area (Å²) in [4.78, 5) is 19.3. The SMILES string of the molecule is O=C(N[C@H]1CCCNC1)c1ccc2nc[nH]c2c1. The Bertz CT molecular complexity index is 557. The Morgan fingerprint density at radius 1 is 1.44 bits per heavy atom. The lowest BCUT2D eigenvalue weighted by Crippen LogP contribution is -2.45. The van der Waals surface area contributed by atoms with Crippen molar-refractivity contribution >= 4 is 16.9 Å². The molecule has 1 amide bonds. The van der Waals surface area contributed by atoms with E-state index in [4.69, 9.17) is 0 Å². The molecule has 0 spiro atoms. The largest absolute Gasteiger partial charge is 0.348 e. The van der Waals surface area contributed by atoms with Crippen LogP contribution in [0.1, 0.15) is 23.2 Å². The third-order valence-electron chi connectivity index (χ3n) is 3.31. The summed E-state index contributed by atoms with van der Waals surface area (Å²) in [5, 5.41) is 6.34. The van der Waals surface area contributed by atoms with Crippen LogP contribution in [0.15, 0.2) is 24.5 Å². The maximum atomic E-state index is 12.1. The van der Waals surface area contributed by atoms with Gasteiger partial charge in [0.15, 0.2) is 0 Å². The fourth-order valence-corrected chi connectivity index (χ4v) is 2.32. The van der Waals surface area contributed by atoms with Crippen LogP contribution in [-0.2, 0) is 0 Å². The third-order valence-corrected chi connectivity index (χ3v) is 3.31. The highest BCUT2D eigenvalue weighted by atomic mass is 16.1. The molecule has 2 aromatic rings. The number of aromatic amines is 1. The van der Waals surface area contributed by atoms with E-state index in [-0.39, 0.29) is 11.9 Å². The summed E-state index contributed by atoms with van der Waals surface area (Å²) in [5.74, 6) is -0.0137. The van der Waals surface area contributed by atoms with Crippen molar-refractivity contribution in [2.24, 2.45) is 0 Å². The molecule has 3 rings (SSSR count). The number of hydrogen-bond acceptors (Lipinski definition) is 3. The Kier molecular flexibility index (Phi) is 2.98. The van der Waals surface area contributed by atoms with Crippen molar-refractivity contribution in [1.29, 1.82) is 0 Å². The molecule has 0 aliphatic carbocycles. The number of hydrogen-bond donors (Lipinski definition) is 3. The van der Waals surface area contributed by atoms with E-state index in [1.54, 1.807) is 6.33 Å². The minimum atomic E-state index is -0.0137. The van der Waals surface area contributed by atoms with Gasteiger partial charge in [0.1, 0.15) is 0 Å². The predicted octanol–water partition coefficient (Wildman–Crippen LogP) is 1.04. The normalized spacial score (nSPS) is 19.9. The van der Waals surface area contributed by atoms with Gasteiger partial charge in [0.2, 0.25) is 0 Å². The number of benzene rings is 1. The molecule has 18 heavy (non-hydrogen) atoms. The fourth-order valence-electron chi connectivity index (χ4n) is 2.32. The lowest BCUT2D eigenvalue weighted by molar-refractivity contribution is 0.0931. The van der Waals surface area contributed by atoms with Crippen LogP contribution in [0.2, 0.25) is 0 Å². The van der Waals surface area contributed by atoms with Crippen molar-refractivity contribution in [1.82, 2.24) is 20.6 Å². The summed E-state index contributed by atoms with van der Waals surface area (Å²) in [6, 6.07) is 5.76. The molecule has 0 unspecified atom stereocenters. The Morgan fingerprint density at radius 3 is 3.22 bits per heavy atom. The highest BCUT2D eigenvalue weighted by molar-refractivity contribution is 5.97. The van der Waals surface area contributed by atoms with Crippen LogP contribution < -0.4 is 10.6 Å². The Balaban J connectivity index is 1.74. The maximum absolute atomic E-state index is 12.1. The van der Waals surface area contributed by atoms with Gasteiger partial charge in [0, 0.05) is 18.2 Å². The maximum Gasteiger partial charge on any atom is 0.251 e. The second-order valence-corrected chi connectivity index (χ2v) is 4.65. The molecule has 1 aromatic heterocycles. The quantitative estimate of drug-likeness (QED) is 0.739. The van der Waals surface area contributed by atoms with Crippen molar-refractivity contribution in [3.05, 3.63) is 30.1 Å². The zero-order valence-electron chi connectivity index (χ0n) is 10.1. The number of amides is 1. The number of nitrogens with zero attached hydrogens (tertiary/aromatic N) is 1. The summed E-state index contributed by atoms with van der Waals surface area (Å²) in [6.45, 7) is 1.91. The summed E-state index contributed by atoms with van der Waals surface area (Å²) in [6.07, 6.45) is 3.80. The van der Waals surface area contributed by atoms with Gasteiger partial charge in [0.25, 0.3) is 5.91 Å². The molecule has 5 heteroatoms. The number of carbonyl (C=O) groups is 1. The summed E-state index contributed by atoms with van der Waals surface area (Å²) in [5.41, 5.74) is 2.45. The summed E-state index contributed by atoms with van der Waals surface area (Å²) >= 11 is 0. The first-order chi connectivity index (χ1) is 8.83. The molecule has 1 aromatic carbocycles. The molecule has 1 saturated heterocycles. The first-order valence-corrected chi connectivity index (χ1v) is 6.27. The van der Waals surface area contributed by atoms with E-state index < -0.39 is 0 Å². The second kappa shape index (κ2) is 4.78. The molecule has 1 fully saturated rings. The van der Waals surface area contributed by atoms with Crippen LogP contribution in [0.3, 0.4) is 0 Å². The van der Waals surface area contributed by atoms with Gasteiger partial charge in [-0.1, -0.05) is 0 Å². The first-order valence-electron chi connectivity index (χ1n) is 6.27. The number of fused-ring (bicyclic) bond motifs is 1. The molecule has 0 saturated carbocycles. The van der Waals surface area contributed by atoms with Gasteiger partial charge in [-0.25, -0.2) is 4.98 Å².